The first kappa shape index (κ1) is 50.7. The second-order valence-electron chi connectivity index (χ2n) is 23.0. The van der Waals surface area contributed by atoms with Crippen LogP contribution in [0, 0.1) is 27.7 Å². The Balaban J connectivity index is 0.00000588. The van der Waals surface area contributed by atoms with E-state index in [1.54, 1.807) is 0 Å². The summed E-state index contributed by atoms with van der Waals surface area (Å²) in [7, 11) is 0. The molecule has 0 amide bonds. The van der Waals surface area contributed by atoms with E-state index in [4.69, 9.17) is 19.9 Å². The molecule has 0 radical (unpaired) electrons. The number of hydrogen-bond acceptors (Lipinski definition) is 2. The summed E-state index contributed by atoms with van der Waals surface area (Å²) in [6.45, 7) is 8.89. The van der Waals surface area contributed by atoms with E-state index >= 15 is 0 Å². The third-order valence-corrected chi connectivity index (χ3v) is 18.0. The zero-order chi connectivity index (χ0) is 55.9. The molecule has 402 valence electrons. The van der Waals surface area contributed by atoms with Crippen LogP contribution >= 0.6 is 0 Å². The molecule has 0 spiro atoms. The molecule has 4 nitrogen and oxygen atoms in total. The molecule has 0 N–H and O–H groups in total. The molecule has 0 saturated heterocycles. The van der Waals surface area contributed by atoms with Crippen LogP contribution in [0.4, 0.5) is 0 Å². The van der Waals surface area contributed by atoms with Gasteiger partial charge in [0.1, 0.15) is 0 Å². The van der Waals surface area contributed by atoms with Gasteiger partial charge in [-0.3, -0.25) is 0 Å². The molecular formula is C80H52N4Pt. The van der Waals surface area contributed by atoms with Crippen LogP contribution < -0.4 is 9.97 Å². The average molecular weight is 1260 g/mol. The van der Waals surface area contributed by atoms with E-state index in [0.29, 0.717) is 0 Å². The summed E-state index contributed by atoms with van der Waals surface area (Å²) in [5.74, 6) is 0. The Kier molecular flexibility index (Phi) is 11.7. The monoisotopic (exact) mass is 1260 g/mol. The first-order valence-corrected chi connectivity index (χ1v) is 29.0. The smallest absolute Gasteiger partial charge is 0.656 e. The number of hydrogen-bond donors (Lipinski definition) is 0. The Morgan fingerprint density at radius 3 is 0.624 bits per heavy atom. The van der Waals surface area contributed by atoms with Gasteiger partial charge in [0.05, 0.1) is 22.8 Å². The van der Waals surface area contributed by atoms with E-state index in [2.05, 4.69) is 270 Å². The quantitative estimate of drug-likeness (QED) is 0.176. The van der Waals surface area contributed by atoms with Gasteiger partial charge in [-0.25, -0.2) is 9.97 Å². The molecule has 14 aromatic rings. The van der Waals surface area contributed by atoms with Crippen molar-refractivity contribution in [3.8, 4) is 89.5 Å². The number of nitrogens with zero attached hydrogens (tertiary/aromatic N) is 4. The van der Waals surface area contributed by atoms with Crippen molar-refractivity contribution in [2.24, 2.45) is 0 Å². The minimum Gasteiger partial charge on any atom is -0.656 e. The number of fused-ring (bicyclic) bond motifs is 4. The van der Waals surface area contributed by atoms with Crippen molar-refractivity contribution in [1.29, 1.82) is 0 Å². The van der Waals surface area contributed by atoms with E-state index in [9.17, 15) is 0 Å². The fourth-order valence-corrected chi connectivity index (χ4v) is 13.9. The van der Waals surface area contributed by atoms with Gasteiger partial charge in [0.25, 0.3) is 0 Å². The molecule has 5 heteroatoms. The predicted octanol–water partition coefficient (Wildman–Crippen LogP) is 21.1. The van der Waals surface area contributed by atoms with Gasteiger partial charge in [-0.15, -0.1) is 22.1 Å². The van der Waals surface area contributed by atoms with Gasteiger partial charge in [0.15, 0.2) is 0 Å². The molecule has 3 aliphatic rings. The number of aromatic nitrogens is 4. The molecule has 2 aromatic heterocycles. The molecule has 85 heavy (non-hydrogen) atoms. The Bertz CT molecular complexity index is 4890. The molecule has 1 aliphatic carbocycles. The Morgan fingerprint density at radius 2 is 0.412 bits per heavy atom. The number of aryl methyl sites for hydroxylation is 4. The van der Waals surface area contributed by atoms with Gasteiger partial charge in [-0.05, 0) is 208 Å². The zero-order valence-electron chi connectivity index (χ0n) is 47.2. The second kappa shape index (κ2) is 19.6. The van der Waals surface area contributed by atoms with Crippen molar-refractivity contribution in [3.63, 3.8) is 0 Å². The fraction of sp³-hybridized carbons (Fsp3) is 0.0500. The number of rotatable bonds is 4. The molecule has 0 atom stereocenters. The van der Waals surface area contributed by atoms with Crippen LogP contribution in [0.2, 0.25) is 0 Å². The third kappa shape index (κ3) is 7.79. The molecule has 2 aliphatic heterocycles. The summed E-state index contributed by atoms with van der Waals surface area (Å²) in [5.41, 5.74) is 23.8. The van der Waals surface area contributed by atoms with Gasteiger partial charge in [0.2, 0.25) is 0 Å². The van der Waals surface area contributed by atoms with E-state index in [1.807, 2.05) is 0 Å². The summed E-state index contributed by atoms with van der Waals surface area (Å²) in [5, 5.41) is 13.3. The zero-order valence-corrected chi connectivity index (χ0v) is 49.5. The second-order valence-corrected chi connectivity index (χ2v) is 23.0. The van der Waals surface area contributed by atoms with E-state index < -0.39 is 0 Å². The fourth-order valence-electron chi connectivity index (χ4n) is 13.9. The molecule has 4 heterocycles. The molecular weight excluding hydrogens is 1210 g/mol. The van der Waals surface area contributed by atoms with Gasteiger partial charge in [-0.2, -0.15) is 0 Å². The molecule has 0 unspecified atom stereocenters. The van der Waals surface area contributed by atoms with Crippen molar-refractivity contribution < 1.29 is 21.1 Å². The summed E-state index contributed by atoms with van der Waals surface area (Å²) in [4.78, 5) is 24.9. The van der Waals surface area contributed by atoms with Gasteiger partial charge in [-0.1, -0.05) is 194 Å². The van der Waals surface area contributed by atoms with Gasteiger partial charge in [0, 0.05) is 22.3 Å². The molecule has 0 fully saturated rings. The first-order valence-electron chi connectivity index (χ1n) is 29.0. The predicted molar refractivity (Wildman–Crippen MR) is 354 cm³/mol. The summed E-state index contributed by atoms with van der Waals surface area (Å²) < 4.78 is 0. The Hall–Kier alpha value is -9.99. The normalized spacial score (nSPS) is 11.9. The summed E-state index contributed by atoms with van der Waals surface area (Å²) >= 11 is 0. The minimum atomic E-state index is 0. The maximum absolute atomic E-state index is 6.24. The maximum Gasteiger partial charge on any atom is 2.00 e. The van der Waals surface area contributed by atoms with Crippen molar-refractivity contribution in [2.45, 2.75) is 27.7 Å². The molecule has 12 aromatic carbocycles. The van der Waals surface area contributed by atoms with E-state index in [1.165, 1.54) is 0 Å². The maximum atomic E-state index is 6.24. The van der Waals surface area contributed by atoms with Gasteiger partial charge < -0.3 is 9.97 Å². The molecule has 17 rings (SSSR count). The van der Waals surface area contributed by atoms with Crippen LogP contribution in [-0.4, -0.2) is 9.97 Å². The standard InChI is InChI=1S/C80H52N4.Pt/c1-45-21-5-17-33-57(45)69-73-61-37-49-25-9-11-27-51(49)39-63(61)75(81-73)70(58-34-18-6-22-46(58)2)77-65-41-53-29-13-15-31-55(53)43-67(65)79(83-77)72(60-36-20-8-24-48(60)4)80-68-44-56-32-16-14-30-54(56)42-66(68)78(84-80)71(59-35-19-7-23-47(59)3)76-64-40-52-28-12-10-26-50(52)38-62(64)74(69)82-76;/h5-44H,1-4H3;/q-2;+2. The summed E-state index contributed by atoms with van der Waals surface area (Å²) in [6.07, 6.45) is 0. The van der Waals surface area contributed by atoms with Crippen molar-refractivity contribution in [1.82, 2.24) is 19.9 Å². The van der Waals surface area contributed by atoms with Crippen LogP contribution in [0.15, 0.2) is 243 Å². The van der Waals surface area contributed by atoms with Crippen LogP contribution in [0.5, 0.6) is 0 Å². The average Bonchev–Trinajstić information content (AvgIpc) is 2.09. The summed E-state index contributed by atoms with van der Waals surface area (Å²) in [6, 6.07) is 89.0. The van der Waals surface area contributed by atoms with Crippen LogP contribution in [0.3, 0.4) is 0 Å². The van der Waals surface area contributed by atoms with Gasteiger partial charge >= 0.3 is 21.1 Å². The van der Waals surface area contributed by atoms with Crippen molar-refractivity contribution >= 4 is 86.7 Å². The van der Waals surface area contributed by atoms with Crippen molar-refractivity contribution in [2.75, 3.05) is 0 Å². The van der Waals surface area contributed by atoms with Crippen LogP contribution in [-0.2, 0) is 21.1 Å². The Labute approximate surface area is 506 Å². The first-order chi connectivity index (χ1) is 41.3. The topological polar surface area (TPSA) is 54.0 Å². The van der Waals surface area contributed by atoms with Crippen LogP contribution in [0.25, 0.3) is 176 Å². The van der Waals surface area contributed by atoms with E-state index in [-0.39, 0.29) is 21.1 Å². The Morgan fingerprint density at radius 1 is 0.224 bits per heavy atom. The van der Waals surface area contributed by atoms with Crippen LogP contribution in [0.1, 0.15) is 22.3 Å². The largest absolute Gasteiger partial charge is 2.00 e. The molecule has 8 bridgehead atoms. The van der Waals surface area contributed by atoms with E-state index in [0.717, 1.165) is 198 Å². The van der Waals surface area contributed by atoms with Crippen molar-refractivity contribution in [3.05, 3.63) is 265 Å². The molecule has 0 saturated carbocycles. The third-order valence-electron chi connectivity index (χ3n) is 18.0. The number of benzene rings is 12. The minimum absolute atomic E-state index is 0. The SMILES string of the molecule is Cc1ccccc1-c1c2nc(c(-c3ccccc3C)c3[n-]c(c(-c4ccccc4C)c4nc(c(-c5ccccc5C)c5[n-]c1c1cc6ccccc6cc51)-c1cc5ccccc5cc1-4)c1cc4ccccc4cc31)-c1cc3ccccc3cc1-2.[Pt+2].